The maximum Gasteiger partial charge on any atom is 0.269 e. The Morgan fingerprint density at radius 3 is 2.10 bits per heavy atom. The third kappa shape index (κ3) is 19.1. The smallest absolute Gasteiger partial charge is 0.269 e. The van der Waals surface area contributed by atoms with Crippen molar-refractivity contribution in [3.05, 3.63) is 11.4 Å². The molecule has 0 spiro atoms. The highest BCUT2D eigenvalue weighted by Gasteiger charge is 2.22. The SMILES string of the molecule is NN/C1=C(\NCCOCCOCCOCCOCCC(=O)NCCS(=O)(=O)O)CCCCCC1OCC(=O)NO. The number of allylic oxidation sites excluding steroid dienone is 1. The van der Waals surface area contributed by atoms with Crippen LogP contribution in [0.1, 0.15) is 38.5 Å². The summed E-state index contributed by atoms with van der Waals surface area (Å²) in [7, 11) is -4.09. The first-order valence-electron chi connectivity index (χ1n) is 13.3. The summed E-state index contributed by atoms with van der Waals surface area (Å²) in [5.74, 6) is 4.23. The van der Waals surface area contributed by atoms with Crippen molar-refractivity contribution in [1.82, 2.24) is 21.5 Å². The summed E-state index contributed by atoms with van der Waals surface area (Å²) in [6.07, 6.45) is 4.16. The van der Waals surface area contributed by atoms with E-state index < -0.39 is 21.8 Å². The zero-order valence-electron chi connectivity index (χ0n) is 22.9. The topological polar surface area (TPSA) is 229 Å². The fraction of sp³-hybridized carbons (Fsp3) is 0.826. The molecule has 234 valence electrons. The van der Waals surface area contributed by atoms with Crippen LogP contribution in [-0.4, -0.2) is 114 Å². The summed E-state index contributed by atoms with van der Waals surface area (Å²) in [5.41, 5.74) is 5.87. The van der Waals surface area contributed by atoms with E-state index in [0.717, 1.165) is 31.4 Å². The largest absolute Gasteiger partial charge is 0.385 e. The molecule has 0 heterocycles. The van der Waals surface area contributed by atoms with Crippen molar-refractivity contribution in [3.8, 4) is 0 Å². The van der Waals surface area contributed by atoms with E-state index in [-0.39, 0.29) is 38.2 Å². The normalized spacial score (nSPS) is 18.0. The Labute approximate surface area is 235 Å². The van der Waals surface area contributed by atoms with E-state index in [1.165, 1.54) is 0 Å². The summed E-state index contributed by atoms with van der Waals surface area (Å²) in [6.45, 7) is 3.00. The molecule has 0 aromatic carbocycles. The molecule has 0 bridgehead atoms. The van der Waals surface area contributed by atoms with E-state index in [9.17, 15) is 18.0 Å². The Kier molecular flexibility index (Phi) is 20.3. The van der Waals surface area contributed by atoms with E-state index >= 15 is 0 Å². The Balaban J connectivity index is 2.04. The quantitative estimate of drug-likeness (QED) is 0.0235. The fourth-order valence-electron chi connectivity index (χ4n) is 3.63. The molecule has 0 saturated carbocycles. The summed E-state index contributed by atoms with van der Waals surface area (Å²) in [6, 6.07) is 0. The molecule has 0 aromatic heterocycles. The van der Waals surface area contributed by atoms with E-state index in [4.69, 9.17) is 39.3 Å². The van der Waals surface area contributed by atoms with E-state index in [2.05, 4.69) is 16.1 Å². The Bertz CT molecular complexity index is 845. The van der Waals surface area contributed by atoms with Gasteiger partial charge in [-0.05, 0) is 19.3 Å². The molecule has 1 unspecified atom stereocenters. The molecule has 17 heteroatoms. The predicted molar refractivity (Wildman–Crippen MR) is 142 cm³/mol. The van der Waals surface area contributed by atoms with Crippen LogP contribution in [0, 0.1) is 0 Å². The van der Waals surface area contributed by atoms with Crippen LogP contribution in [-0.2, 0) is 43.4 Å². The molecule has 2 amide bonds. The second-order valence-corrected chi connectivity index (χ2v) is 10.3. The highest BCUT2D eigenvalue weighted by Crippen LogP contribution is 2.22. The molecule has 0 saturated heterocycles. The lowest BCUT2D eigenvalue weighted by Gasteiger charge is -2.26. The van der Waals surface area contributed by atoms with Crippen LogP contribution < -0.4 is 27.4 Å². The van der Waals surface area contributed by atoms with Gasteiger partial charge in [-0.25, -0.2) is 5.48 Å². The predicted octanol–water partition coefficient (Wildman–Crippen LogP) is -1.43. The number of hydrazine groups is 1. The maximum atomic E-state index is 11.5. The van der Waals surface area contributed by atoms with E-state index in [1.54, 1.807) is 5.48 Å². The number of nitrogens with one attached hydrogen (secondary N) is 4. The van der Waals surface area contributed by atoms with Crippen molar-refractivity contribution in [2.24, 2.45) is 5.84 Å². The molecule has 1 rings (SSSR count). The van der Waals surface area contributed by atoms with Gasteiger partial charge in [0.2, 0.25) is 5.91 Å². The lowest BCUT2D eigenvalue weighted by molar-refractivity contribution is -0.135. The number of hydrogen-bond donors (Lipinski definition) is 7. The standard InChI is InChI=1S/C23H45N5O11S/c24-27-23-19(4-2-1-3-5-20(23)39-18-22(30)28-31)25-7-10-36-12-14-38-16-15-37-13-11-35-9-6-21(29)26-8-17-40(32,33)34/h20,25,27,31H,1-18,24H2,(H,26,29)(H,28,30)(H,32,33,34)/b23-19-. The highest BCUT2D eigenvalue weighted by molar-refractivity contribution is 7.85. The van der Waals surface area contributed by atoms with Gasteiger partial charge in [0.1, 0.15) is 12.7 Å². The van der Waals surface area contributed by atoms with Gasteiger partial charge in [0.25, 0.3) is 16.0 Å². The first-order valence-corrected chi connectivity index (χ1v) is 14.9. The molecule has 1 aliphatic carbocycles. The second-order valence-electron chi connectivity index (χ2n) is 8.73. The molecular formula is C23H45N5O11S. The molecule has 1 atom stereocenters. The number of carbonyl (C=O) groups excluding carboxylic acids is 2. The van der Waals surface area contributed by atoms with Crippen molar-refractivity contribution in [2.45, 2.75) is 44.6 Å². The summed E-state index contributed by atoms with van der Waals surface area (Å²) < 4.78 is 57.1. The van der Waals surface area contributed by atoms with Gasteiger partial charge >= 0.3 is 0 Å². The number of hydroxylamine groups is 1. The fourth-order valence-corrected chi connectivity index (χ4v) is 3.99. The van der Waals surface area contributed by atoms with Crippen LogP contribution in [0.5, 0.6) is 0 Å². The molecule has 40 heavy (non-hydrogen) atoms. The minimum absolute atomic E-state index is 0.0766. The highest BCUT2D eigenvalue weighted by atomic mass is 32.2. The van der Waals surface area contributed by atoms with Crippen LogP contribution in [0.15, 0.2) is 11.4 Å². The average Bonchev–Trinajstić information content (AvgIpc) is 2.90. The molecular weight excluding hydrogens is 554 g/mol. The van der Waals surface area contributed by atoms with Crippen molar-refractivity contribution in [3.63, 3.8) is 0 Å². The van der Waals surface area contributed by atoms with Gasteiger partial charge in [-0.15, -0.1) is 0 Å². The lowest BCUT2D eigenvalue weighted by Crippen LogP contribution is -2.38. The zero-order chi connectivity index (χ0) is 29.5. The summed E-state index contributed by atoms with van der Waals surface area (Å²) >= 11 is 0. The molecule has 0 fully saturated rings. The molecule has 8 N–H and O–H groups in total. The number of ether oxygens (including phenoxy) is 5. The summed E-state index contributed by atoms with van der Waals surface area (Å²) in [5, 5.41) is 14.4. The van der Waals surface area contributed by atoms with Crippen molar-refractivity contribution >= 4 is 21.9 Å². The Hall–Kier alpha value is -2.09. The van der Waals surface area contributed by atoms with Gasteiger partial charge in [0.05, 0.1) is 64.3 Å². The average molecular weight is 600 g/mol. The summed E-state index contributed by atoms with van der Waals surface area (Å²) in [4.78, 5) is 22.8. The van der Waals surface area contributed by atoms with Crippen LogP contribution >= 0.6 is 0 Å². The molecule has 0 aromatic rings. The monoisotopic (exact) mass is 599 g/mol. The van der Waals surface area contributed by atoms with E-state index in [1.807, 2.05) is 0 Å². The van der Waals surface area contributed by atoms with Gasteiger partial charge in [0.15, 0.2) is 0 Å². The van der Waals surface area contributed by atoms with Gasteiger partial charge < -0.3 is 39.7 Å². The van der Waals surface area contributed by atoms with Crippen LogP contribution in [0.2, 0.25) is 0 Å². The third-order valence-corrected chi connectivity index (χ3v) is 6.31. The Morgan fingerprint density at radius 2 is 1.50 bits per heavy atom. The number of hydrogen-bond acceptors (Lipinski definition) is 13. The van der Waals surface area contributed by atoms with Crippen LogP contribution in [0.25, 0.3) is 0 Å². The molecule has 0 radical (unpaired) electrons. The number of nitrogens with two attached hydrogens (primary N) is 1. The maximum absolute atomic E-state index is 11.5. The van der Waals surface area contributed by atoms with E-state index in [0.29, 0.717) is 64.9 Å². The second kappa shape index (κ2) is 22.6. The number of amides is 2. The van der Waals surface area contributed by atoms with Gasteiger partial charge in [-0.1, -0.05) is 12.8 Å². The van der Waals surface area contributed by atoms with Gasteiger partial charge in [-0.2, -0.15) is 8.42 Å². The molecule has 0 aliphatic heterocycles. The van der Waals surface area contributed by atoms with Gasteiger partial charge in [-0.3, -0.25) is 25.2 Å². The third-order valence-electron chi connectivity index (χ3n) is 5.59. The van der Waals surface area contributed by atoms with Gasteiger partial charge in [0, 0.05) is 25.2 Å². The lowest BCUT2D eigenvalue weighted by atomic mass is 9.99. The minimum atomic E-state index is -4.09. The first-order chi connectivity index (χ1) is 19.3. The van der Waals surface area contributed by atoms with Crippen LogP contribution in [0.3, 0.4) is 0 Å². The molecule has 1 aliphatic rings. The zero-order valence-corrected chi connectivity index (χ0v) is 23.7. The van der Waals surface area contributed by atoms with Crippen molar-refractivity contribution in [1.29, 1.82) is 0 Å². The van der Waals surface area contributed by atoms with Crippen molar-refractivity contribution in [2.75, 3.05) is 78.3 Å². The van der Waals surface area contributed by atoms with Crippen LogP contribution in [0.4, 0.5) is 0 Å². The molecule has 16 nitrogen and oxygen atoms in total. The van der Waals surface area contributed by atoms with Crippen molar-refractivity contribution < 1.29 is 51.5 Å². The first kappa shape index (κ1) is 35.9. The number of rotatable bonds is 23. The minimum Gasteiger partial charge on any atom is -0.385 e. The number of carbonyl (C=O) groups is 2. The Morgan fingerprint density at radius 1 is 0.875 bits per heavy atom.